The number of nitrogens with zero attached hydrogens (tertiary/aromatic N) is 3. The number of anilines is 1. The first-order valence-corrected chi connectivity index (χ1v) is 8.79. The topological polar surface area (TPSA) is 69.0 Å². The van der Waals surface area contributed by atoms with E-state index >= 15 is 0 Å². The van der Waals surface area contributed by atoms with Crippen molar-refractivity contribution in [2.75, 3.05) is 5.32 Å². The molecule has 1 N–H and O–H groups in total. The van der Waals surface area contributed by atoms with Crippen molar-refractivity contribution >= 4 is 22.4 Å². The highest BCUT2D eigenvalue weighted by atomic mass is 19.3. The molecule has 0 atom stereocenters. The Morgan fingerprint density at radius 2 is 1.76 bits per heavy atom. The molecule has 146 valence electrons. The molecule has 0 saturated carbocycles. The van der Waals surface area contributed by atoms with Gasteiger partial charge in [0.15, 0.2) is 5.69 Å². The zero-order chi connectivity index (χ0) is 20.4. The third-order valence-corrected chi connectivity index (χ3v) is 4.45. The van der Waals surface area contributed by atoms with E-state index in [1.807, 2.05) is 42.5 Å². The number of nitrogens with one attached hydrogen (secondary N) is 1. The molecule has 4 rings (SSSR count). The van der Waals surface area contributed by atoms with E-state index in [4.69, 9.17) is 0 Å². The van der Waals surface area contributed by atoms with Crippen molar-refractivity contribution in [3.05, 3.63) is 78.1 Å². The summed E-state index contributed by atoms with van der Waals surface area (Å²) >= 11 is 0. The first-order chi connectivity index (χ1) is 14.0. The second-order valence-corrected chi connectivity index (χ2v) is 6.29. The van der Waals surface area contributed by atoms with Crippen molar-refractivity contribution in [2.45, 2.75) is 13.5 Å². The van der Waals surface area contributed by atoms with Gasteiger partial charge in [-0.3, -0.25) is 4.79 Å². The van der Waals surface area contributed by atoms with Crippen LogP contribution >= 0.6 is 0 Å². The number of benzene rings is 3. The van der Waals surface area contributed by atoms with Crippen molar-refractivity contribution < 1.29 is 18.3 Å². The second kappa shape index (κ2) is 7.67. The fraction of sp³-hybridized carbons (Fsp3) is 0.0952. The van der Waals surface area contributed by atoms with Gasteiger partial charge in [-0.15, -0.1) is 5.10 Å². The third kappa shape index (κ3) is 3.77. The molecule has 8 heteroatoms. The van der Waals surface area contributed by atoms with Crippen molar-refractivity contribution in [1.82, 2.24) is 15.0 Å². The van der Waals surface area contributed by atoms with Crippen LogP contribution in [0.15, 0.2) is 66.7 Å². The number of carbonyl (C=O) groups is 1. The van der Waals surface area contributed by atoms with Gasteiger partial charge in [-0.25, -0.2) is 4.68 Å². The maximum Gasteiger partial charge on any atom is 0.387 e. The van der Waals surface area contributed by atoms with Crippen LogP contribution in [0.4, 0.5) is 14.5 Å². The second-order valence-electron chi connectivity index (χ2n) is 6.29. The summed E-state index contributed by atoms with van der Waals surface area (Å²) in [6.07, 6.45) is 0. The van der Waals surface area contributed by atoms with E-state index in [9.17, 15) is 13.6 Å². The lowest BCUT2D eigenvalue weighted by Gasteiger charge is -2.08. The minimum atomic E-state index is -2.89. The Bertz CT molecular complexity index is 1170. The molecule has 6 nitrogen and oxygen atoms in total. The molecule has 0 unspecified atom stereocenters. The first-order valence-electron chi connectivity index (χ1n) is 8.79. The van der Waals surface area contributed by atoms with E-state index in [1.165, 1.54) is 16.8 Å². The van der Waals surface area contributed by atoms with Crippen LogP contribution in [0, 0.1) is 6.92 Å². The van der Waals surface area contributed by atoms with Crippen LogP contribution in [-0.2, 0) is 0 Å². The number of hydrogen-bond acceptors (Lipinski definition) is 4. The van der Waals surface area contributed by atoms with Crippen LogP contribution in [0.1, 0.15) is 16.2 Å². The van der Waals surface area contributed by atoms with E-state index < -0.39 is 6.61 Å². The Labute approximate surface area is 164 Å². The van der Waals surface area contributed by atoms with Crippen molar-refractivity contribution in [2.24, 2.45) is 0 Å². The van der Waals surface area contributed by atoms with Gasteiger partial charge in [0.25, 0.3) is 5.91 Å². The molecule has 0 radical (unpaired) electrons. The molecule has 1 amide bonds. The van der Waals surface area contributed by atoms with Gasteiger partial charge in [0, 0.05) is 11.1 Å². The van der Waals surface area contributed by atoms with Gasteiger partial charge in [0.2, 0.25) is 0 Å². The van der Waals surface area contributed by atoms with Crippen LogP contribution in [-0.4, -0.2) is 27.5 Å². The molecule has 0 aliphatic rings. The molecule has 1 aromatic heterocycles. The molecule has 29 heavy (non-hydrogen) atoms. The van der Waals surface area contributed by atoms with Crippen LogP contribution in [0.5, 0.6) is 5.75 Å². The van der Waals surface area contributed by atoms with Gasteiger partial charge in [-0.2, -0.15) is 8.78 Å². The lowest BCUT2D eigenvalue weighted by atomic mass is 10.1. The van der Waals surface area contributed by atoms with Gasteiger partial charge in [-0.1, -0.05) is 41.6 Å². The molecule has 0 aliphatic heterocycles. The zero-order valence-corrected chi connectivity index (χ0v) is 15.3. The fourth-order valence-electron chi connectivity index (χ4n) is 3.07. The molecule has 0 fully saturated rings. The van der Waals surface area contributed by atoms with E-state index in [2.05, 4.69) is 20.4 Å². The molecule has 4 aromatic rings. The van der Waals surface area contributed by atoms with E-state index in [0.717, 1.165) is 10.8 Å². The highest BCUT2D eigenvalue weighted by Gasteiger charge is 2.18. The van der Waals surface area contributed by atoms with Crippen LogP contribution in [0.25, 0.3) is 16.5 Å². The average molecular weight is 394 g/mol. The average Bonchev–Trinajstić information content (AvgIpc) is 3.10. The number of amides is 1. The summed E-state index contributed by atoms with van der Waals surface area (Å²) in [4.78, 5) is 12.8. The molecule has 0 aliphatic carbocycles. The van der Waals surface area contributed by atoms with Crippen molar-refractivity contribution in [1.29, 1.82) is 0 Å². The lowest BCUT2D eigenvalue weighted by Crippen LogP contribution is -2.14. The molecular formula is C21H16F2N4O2. The predicted octanol–water partition coefficient (Wildman–Crippen LogP) is 4.58. The Morgan fingerprint density at radius 3 is 2.52 bits per heavy atom. The van der Waals surface area contributed by atoms with E-state index in [-0.39, 0.29) is 17.4 Å². The number of aromatic nitrogens is 3. The Morgan fingerprint density at radius 1 is 1.03 bits per heavy atom. The normalized spacial score (nSPS) is 11.0. The minimum Gasteiger partial charge on any atom is -0.435 e. The number of hydrogen-bond donors (Lipinski definition) is 1. The van der Waals surface area contributed by atoms with Gasteiger partial charge in [0.1, 0.15) is 5.75 Å². The van der Waals surface area contributed by atoms with Gasteiger partial charge < -0.3 is 10.1 Å². The van der Waals surface area contributed by atoms with E-state index in [0.29, 0.717) is 17.1 Å². The Hall–Kier alpha value is -3.81. The molecular weight excluding hydrogens is 378 g/mol. The summed E-state index contributed by atoms with van der Waals surface area (Å²) in [7, 11) is 0. The van der Waals surface area contributed by atoms with Gasteiger partial charge in [-0.05, 0) is 42.6 Å². The maximum atomic E-state index is 12.8. The van der Waals surface area contributed by atoms with Crippen molar-refractivity contribution in [3.8, 4) is 11.4 Å². The number of halogens is 2. The Balaban J connectivity index is 1.58. The van der Waals surface area contributed by atoms with Gasteiger partial charge >= 0.3 is 6.61 Å². The maximum absolute atomic E-state index is 12.8. The number of carbonyl (C=O) groups excluding carboxylic acids is 1. The third-order valence-electron chi connectivity index (χ3n) is 4.45. The summed E-state index contributed by atoms with van der Waals surface area (Å²) in [5.41, 5.74) is 1.94. The SMILES string of the molecule is Cc1c(C(=O)Nc2cccc3ccccc23)nnn1-c1ccc(OC(F)F)cc1. The highest BCUT2D eigenvalue weighted by Crippen LogP contribution is 2.24. The van der Waals surface area contributed by atoms with E-state index in [1.54, 1.807) is 19.1 Å². The summed E-state index contributed by atoms with van der Waals surface area (Å²) in [5.74, 6) is -0.349. The summed E-state index contributed by atoms with van der Waals surface area (Å²) < 4.78 is 30.4. The highest BCUT2D eigenvalue weighted by molar-refractivity contribution is 6.08. The molecule has 0 saturated heterocycles. The Kier molecular flexibility index (Phi) is 4.90. The standard InChI is InChI=1S/C21H16F2N4O2/c1-13-19(20(28)24-18-8-4-6-14-5-2-3-7-17(14)18)25-26-27(13)15-9-11-16(12-10-15)29-21(22)23/h2-12,21H,1H3,(H,24,28). The summed E-state index contributed by atoms with van der Waals surface area (Å²) in [5, 5.41) is 12.8. The number of rotatable bonds is 5. The monoisotopic (exact) mass is 394 g/mol. The largest absolute Gasteiger partial charge is 0.435 e. The van der Waals surface area contributed by atoms with Gasteiger partial charge in [0.05, 0.1) is 11.4 Å². The van der Waals surface area contributed by atoms with Crippen LogP contribution in [0.2, 0.25) is 0 Å². The zero-order valence-electron chi connectivity index (χ0n) is 15.3. The number of fused-ring (bicyclic) bond motifs is 1. The quantitative estimate of drug-likeness (QED) is 0.538. The summed E-state index contributed by atoms with van der Waals surface area (Å²) in [6, 6.07) is 19.3. The van der Waals surface area contributed by atoms with Crippen molar-refractivity contribution in [3.63, 3.8) is 0 Å². The smallest absolute Gasteiger partial charge is 0.387 e. The molecule has 0 bridgehead atoms. The van der Waals surface area contributed by atoms with Crippen LogP contribution in [0.3, 0.4) is 0 Å². The first kappa shape index (κ1) is 18.5. The van der Waals surface area contributed by atoms with Crippen LogP contribution < -0.4 is 10.1 Å². The fourth-order valence-corrected chi connectivity index (χ4v) is 3.07. The number of alkyl halides is 2. The predicted molar refractivity (Wildman–Crippen MR) is 105 cm³/mol. The molecule has 0 spiro atoms. The lowest BCUT2D eigenvalue weighted by molar-refractivity contribution is -0.0498. The number of ether oxygens (including phenoxy) is 1. The molecule has 3 aromatic carbocycles. The minimum absolute atomic E-state index is 0.0374. The summed E-state index contributed by atoms with van der Waals surface area (Å²) in [6.45, 7) is -1.18. The molecule has 1 heterocycles.